The zero-order chi connectivity index (χ0) is 13.1. The number of methoxy groups -OCH3 is 1. The van der Waals surface area contributed by atoms with E-state index in [-0.39, 0.29) is 0 Å². The molecule has 1 N–H and O–H groups in total. The Morgan fingerprint density at radius 3 is 2.95 bits per heavy atom. The molecule has 1 saturated carbocycles. The van der Waals surface area contributed by atoms with E-state index < -0.39 is 0 Å². The van der Waals surface area contributed by atoms with Crippen LogP contribution in [0.15, 0.2) is 12.1 Å². The van der Waals surface area contributed by atoms with Gasteiger partial charge in [0.1, 0.15) is 0 Å². The van der Waals surface area contributed by atoms with E-state index in [9.17, 15) is 0 Å². The van der Waals surface area contributed by atoms with Crippen molar-refractivity contribution in [3.05, 3.63) is 21.9 Å². The summed E-state index contributed by atoms with van der Waals surface area (Å²) in [7, 11) is 1.83. The van der Waals surface area contributed by atoms with Gasteiger partial charge in [-0.1, -0.05) is 0 Å². The zero-order valence-electron chi connectivity index (χ0n) is 11.7. The number of piperidine rings is 1. The molecule has 0 bridgehead atoms. The van der Waals surface area contributed by atoms with Crippen LogP contribution in [-0.4, -0.2) is 37.2 Å². The Hall–Kier alpha value is -0.420. The van der Waals surface area contributed by atoms with E-state index in [1.54, 1.807) is 0 Å². The molecule has 1 aromatic heterocycles. The number of hydrogen-bond donors (Lipinski definition) is 1. The van der Waals surface area contributed by atoms with E-state index in [4.69, 9.17) is 4.74 Å². The van der Waals surface area contributed by atoms with Crippen molar-refractivity contribution in [2.45, 2.75) is 50.9 Å². The van der Waals surface area contributed by atoms with Gasteiger partial charge < -0.3 is 10.1 Å². The summed E-state index contributed by atoms with van der Waals surface area (Å²) in [6.07, 6.45) is 5.65. The summed E-state index contributed by atoms with van der Waals surface area (Å²) in [4.78, 5) is 5.49. The largest absolute Gasteiger partial charge is 0.380 e. The lowest BCUT2D eigenvalue weighted by molar-refractivity contribution is 0.0289. The number of nitrogens with one attached hydrogen (secondary N) is 1. The molecule has 2 aliphatic rings. The minimum atomic E-state index is 0.435. The smallest absolute Gasteiger partial charge is 0.0698 e. The number of hydrogen-bond acceptors (Lipinski definition) is 4. The SMILES string of the molecule is COC1CCCN(Cc2ccc(CNC3CC3)s2)C1. The molecular weight excluding hydrogens is 256 g/mol. The van der Waals surface area contributed by atoms with Crippen molar-refractivity contribution < 1.29 is 4.74 Å². The summed E-state index contributed by atoms with van der Waals surface area (Å²) >= 11 is 1.96. The highest BCUT2D eigenvalue weighted by Crippen LogP contribution is 2.23. The van der Waals surface area contributed by atoms with Crippen LogP contribution in [0.4, 0.5) is 0 Å². The topological polar surface area (TPSA) is 24.5 Å². The van der Waals surface area contributed by atoms with Crippen LogP contribution in [0.25, 0.3) is 0 Å². The monoisotopic (exact) mass is 280 g/mol. The van der Waals surface area contributed by atoms with Crippen molar-refractivity contribution in [2.24, 2.45) is 0 Å². The standard InChI is InChI=1S/C15H24N2OS/c1-18-13-3-2-8-17(10-13)11-15-7-6-14(19-15)9-16-12-4-5-12/h6-7,12-13,16H,2-5,8-11H2,1H3. The summed E-state index contributed by atoms with van der Waals surface area (Å²) < 4.78 is 5.49. The van der Waals surface area contributed by atoms with Crippen molar-refractivity contribution in [3.8, 4) is 0 Å². The lowest BCUT2D eigenvalue weighted by atomic mass is 10.1. The van der Waals surface area contributed by atoms with E-state index in [0.717, 1.165) is 25.7 Å². The first-order valence-corrected chi connectivity index (χ1v) is 8.21. The first kappa shape index (κ1) is 13.6. The highest BCUT2D eigenvalue weighted by Gasteiger charge is 2.21. The van der Waals surface area contributed by atoms with Crippen LogP contribution in [0.2, 0.25) is 0 Å². The number of rotatable bonds is 6. The predicted molar refractivity (Wildman–Crippen MR) is 79.5 cm³/mol. The number of likely N-dealkylation sites (tertiary alicyclic amines) is 1. The third-order valence-corrected chi connectivity index (χ3v) is 5.10. The van der Waals surface area contributed by atoms with Crippen LogP contribution in [-0.2, 0) is 17.8 Å². The minimum absolute atomic E-state index is 0.435. The van der Waals surface area contributed by atoms with Crippen molar-refractivity contribution in [2.75, 3.05) is 20.2 Å². The Bertz CT molecular complexity index is 403. The molecule has 3 nitrogen and oxygen atoms in total. The van der Waals surface area contributed by atoms with Crippen LogP contribution in [0.3, 0.4) is 0 Å². The van der Waals surface area contributed by atoms with Crippen LogP contribution >= 0.6 is 11.3 Å². The van der Waals surface area contributed by atoms with Gasteiger partial charge in [-0.2, -0.15) is 0 Å². The Morgan fingerprint density at radius 2 is 2.16 bits per heavy atom. The van der Waals surface area contributed by atoms with Gasteiger partial charge in [0.2, 0.25) is 0 Å². The van der Waals surface area contributed by atoms with Crippen molar-refractivity contribution >= 4 is 11.3 Å². The summed E-state index contributed by atoms with van der Waals surface area (Å²) in [6.45, 7) is 4.45. The van der Waals surface area contributed by atoms with Crippen LogP contribution < -0.4 is 5.32 Å². The molecular formula is C15H24N2OS. The fraction of sp³-hybridized carbons (Fsp3) is 0.733. The Morgan fingerprint density at radius 1 is 1.32 bits per heavy atom. The maximum atomic E-state index is 5.49. The van der Waals surface area contributed by atoms with Gasteiger partial charge in [0.25, 0.3) is 0 Å². The van der Waals surface area contributed by atoms with E-state index in [2.05, 4.69) is 22.3 Å². The fourth-order valence-electron chi connectivity index (χ4n) is 2.70. The predicted octanol–water partition coefficient (Wildman–Crippen LogP) is 2.61. The first-order valence-electron chi connectivity index (χ1n) is 7.39. The van der Waals surface area contributed by atoms with Crippen LogP contribution in [0.1, 0.15) is 35.4 Å². The lowest BCUT2D eigenvalue weighted by Gasteiger charge is -2.31. The van der Waals surface area contributed by atoms with Gasteiger partial charge in [0.05, 0.1) is 6.10 Å². The molecule has 1 aliphatic heterocycles. The van der Waals surface area contributed by atoms with E-state index >= 15 is 0 Å². The highest BCUT2D eigenvalue weighted by atomic mass is 32.1. The van der Waals surface area contributed by atoms with E-state index in [0.29, 0.717) is 6.10 Å². The maximum Gasteiger partial charge on any atom is 0.0698 e. The fourth-order valence-corrected chi connectivity index (χ4v) is 3.72. The van der Waals surface area contributed by atoms with Gasteiger partial charge in [0.15, 0.2) is 0 Å². The molecule has 2 fully saturated rings. The molecule has 0 radical (unpaired) electrons. The van der Waals surface area contributed by atoms with Crippen molar-refractivity contribution in [1.29, 1.82) is 0 Å². The number of thiophene rings is 1. The second kappa shape index (κ2) is 6.35. The normalized spacial score (nSPS) is 24.8. The van der Waals surface area contributed by atoms with Gasteiger partial charge >= 0.3 is 0 Å². The molecule has 4 heteroatoms. The highest BCUT2D eigenvalue weighted by molar-refractivity contribution is 7.11. The molecule has 106 valence electrons. The van der Waals surface area contributed by atoms with Crippen molar-refractivity contribution in [1.82, 2.24) is 10.2 Å². The minimum Gasteiger partial charge on any atom is -0.380 e. The molecule has 0 amide bonds. The molecule has 1 aromatic rings. The third kappa shape index (κ3) is 4.02. The van der Waals surface area contributed by atoms with Gasteiger partial charge in [-0.15, -0.1) is 11.3 Å². The molecule has 1 aliphatic carbocycles. The molecule has 2 heterocycles. The maximum absolute atomic E-state index is 5.49. The Labute approximate surface area is 119 Å². The number of ether oxygens (including phenoxy) is 1. The average molecular weight is 280 g/mol. The van der Waals surface area contributed by atoms with Crippen LogP contribution in [0.5, 0.6) is 0 Å². The van der Waals surface area contributed by atoms with Gasteiger partial charge in [-0.05, 0) is 44.4 Å². The van der Waals surface area contributed by atoms with Gasteiger partial charge in [0, 0.05) is 42.5 Å². The second-order valence-corrected chi connectivity index (χ2v) is 7.01. The van der Waals surface area contributed by atoms with E-state index in [1.807, 2.05) is 18.4 Å². The molecule has 19 heavy (non-hydrogen) atoms. The zero-order valence-corrected chi connectivity index (χ0v) is 12.5. The molecule has 0 spiro atoms. The van der Waals surface area contributed by atoms with Gasteiger partial charge in [-0.3, -0.25) is 4.90 Å². The molecule has 1 unspecified atom stereocenters. The first-order chi connectivity index (χ1) is 9.33. The van der Waals surface area contributed by atoms with Crippen molar-refractivity contribution in [3.63, 3.8) is 0 Å². The summed E-state index contributed by atoms with van der Waals surface area (Å²) in [5.74, 6) is 0. The van der Waals surface area contributed by atoms with Gasteiger partial charge in [-0.25, -0.2) is 0 Å². The number of nitrogens with zero attached hydrogens (tertiary/aromatic N) is 1. The Kier molecular flexibility index (Phi) is 4.53. The summed E-state index contributed by atoms with van der Waals surface area (Å²) in [5, 5.41) is 3.58. The Balaban J connectivity index is 1.48. The van der Waals surface area contributed by atoms with E-state index in [1.165, 1.54) is 42.0 Å². The lowest BCUT2D eigenvalue weighted by Crippen LogP contribution is -2.38. The summed E-state index contributed by atoms with van der Waals surface area (Å²) in [5.41, 5.74) is 0. The molecule has 0 aromatic carbocycles. The molecule has 3 rings (SSSR count). The average Bonchev–Trinajstić information content (AvgIpc) is 3.17. The quantitative estimate of drug-likeness (QED) is 0.867. The molecule has 1 saturated heterocycles. The third-order valence-electron chi connectivity index (χ3n) is 4.03. The van der Waals surface area contributed by atoms with Crippen LogP contribution in [0, 0.1) is 0 Å². The molecule has 1 atom stereocenters. The second-order valence-electron chi connectivity index (χ2n) is 5.76. The summed E-state index contributed by atoms with van der Waals surface area (Å²) in [6, 6.07) is 5.38.